The number of carbonyl (C=O) groups excluding carboxylic acids is 1. The first-order valence-corrected chi connectivity index (χ1v) is 5.46. The molecule has 1 aromatic carbocycles. The second-order valence-corrected chi connectivity index (χ2v) is 3.78. The number of nitrogens with zero attached hydrogens (tertiary/aromatic N) is 2. The molecule has 0 unspecified atom stereocenters. The van der Waals surface area contributed by atoms with E-state index in [1.165, 1.54) is 18.2 Å². The number of nitro benzene ring substituents is 1. The third-order valence-corrected chi connectivity index (χ3v) is 2.37. The van der Waals surface area contributed by atoms with Gasteiger partial charge in [-0.3, -0.25) is 10.1 Å². The number of benzene rings is 1. The molecule has 19 heavy (non-hydrogen) atoms. The standard InChI is InChI=1S/C13H10N2O4/c1-9-14-12(13(16)19-9)4-2-3-10-5-7-11(8-6-10)15(17)18/h2-8H,1H3/b3-2+,12-4-. The minimum absolute atomic E-state index is 0.0371. The van der Waals surface area contributed by atoms with Gasteiger partial charge in [-0.1, -0.05) is 12.2 Å². The molecule has 0 atom stereocenters. The molecule has 0 amide bonds. The predicted molar refractivity (Wildman–Crippen MR) is 69.4 cm³/mol. The van der Waals surface area contributed by atoms with Gasteiger partial charge in [0.25, 0.3) is 5.69 Å². The fourth-order valence-corrected chi connectivity index (χ4v) is 1.49. The Labute approximate surface area is 108 Å². The molecule has 6 nitrogen and oxygen atoms in total. The van der Waals surface area contributed by atoms with Gasteiger partial charge in [0.2, 0.25) is 0 Å². The van der Waals surface area contributed by atoms with Gasteiger partial charge in [0.15, 0.2) is 11.6 Å². The zero-order chi connectivity index (χ0) is 13.8. The fraction of sp³-hybridized carbons (Fsp3) is 0.0769. The summed E-state index contributed by atoms with van der Waals surface area (Å²) in [5.41, 5.74) is 1.06. The maximum atomic E-state index is 11.2. The van der Waals surface area contributed by atoms with Crippen molar-refractivity contribution in [3.8, 4) is 0 Å². The van der Waals surface area contributed by atoms with Crippen molar-refractivity contribution in [3.05, 3.63) is 57.8 Å². The molecular weight excluding hydrogens is 248 g/mol. The van der Waals surface area contributed by atoms with Gasteiger partial charge in [0.05, 0.1) is 4.92 Å². The van der Waals surface area contributed by atoms with Gasteiger partial charge in [-0.15, -0.1) is 0 Å². The van der Waals surface area contributed by atoms with E-state index in [2.05, 4.69) is 4.99 Å². The molecule has 6 heteroatoms. The number of cyclic esters (lactones) is 1. The molecular formula is C13H10N2O4. The van der Waals surface area contributed by atoms with Crippen LogP contribution in [0.25, 0.3) is 6.08 Å². The number of allylic oxidation sites excluding steroid dienone is 2. The van der Waals surface area contributed by atoms with Crippen LogP contribution in [0.3, 0.4) is 0 Å². The van der Waals surface area contributed by atoms with Gasteiger partial charge in [-0.05, 0) is 23.8 Å². The Morgan fingerprint density at radius 1 is 1.32 bits per heavy atom. The first-order valence-electron chi connectivity index (χ1n) is 5.46. The number of ether oxygens (including phenoxy) is 1. The third kappa shape index (κ3) is 3.12. The van der Waals surface area contributed by atoms with E-state index in [-0.39, 0.29) is 11.4 Å². The van der Waals surface area contributed by atoms with Crippen molar-refractivity contribution in [2.24, 2.45) is 4.99 Å². The van der Waals surface area contributed by atoms with Gasteiger partial charge in [-0.25, -0.2) is 9.79 Å². The van der Waals surface area contributed by atoms with E-state index in [4.69, 9.17) is 4.74 Å². The zero-order valence-electron chi connectivity index (χ0n) is 10.1. The van der Waals surface area contributed by atoms with Crippen molar-refractivity contribution < 1.29 is 14.5 Å². The van der Waals surface area contributed by atoms with Gasteiger partial charge >= 0.3 is 5.97 Å². The quantitative estimate of drug-likeness (QED) is 0.361. The minimum Gasteiger partial charge on any atom is -0.407 e. The first-order chi connectivity index (χ1) is 9.06. The largest absolute Gasteiger partial charge is 0.407 e. The Bertz CT molecular complexity index is 612. The van der Waals surface area contributed by atoms with Gasteiger partial charge in [-0.2, -0.15) is 0 Å². The molecule has 1 heterocycles. The Morgan fingerprint density at radius 3 is 2.53 bits per heavy atom. The van der Waals surface area contributed by atoms with E-state index in [0.29, 0.717) is 5.90 Å². The van der Waals surface area contributed by atoms with Crippen LogP contribution in [0.2, 0.25) is 0 Å². The van der Waals surface area contributed by atoms with Crippen molar-refractivity contribution in [2.75, 3.05) is 0 Å². The minimum atomic E-state index is -0.481. The summed E-state index contributed by atoms with van der Waals surface area (Å²) in [6, 6.07) is 6.07. The summed E-state index contributed by atoms with van der Waals surface area (Å²) in [6.45, 7) is 1.60. The van der Waals surface area contributed by atoms with E-state index in [0.717, 1.165) is 5.56 Å². The molecule has 0 aromatic heterocycles. The van der Waals surface area contributed by atoms with Crippen LogP contribution < -0.4 is 0 Å². The molecule has 0 saturated carbocycles. The van der Waals surface area contributed by atoms with Crippen LogP contribution in [0.4, 0.5) is 5.69 Å². The van der Waals surface area contributed by atoms with Gasteiger partial charge in [0, 0.05) is 19.1 Å². The fourth-order valence-electron chi connectivity index (χ4n) is 1.49. The number of hydrogen-bond donors (Lipinski definition) is 0. The van der Waals surface area contributed by atoms with Crippen LogP contribution in [-0.2, 0) is 9.53 Å². The highest BCUT2D eigenvalue weighted by molar-refractivity contribution is 6.03. The van der Waals surface area contributed by atoms with Crippen molar-refractivity contribution in [1.82, 2.24) is 0 Å². The Kier molecular flexibility index (Phi) is 3.51. The van der Waals surface area contributed by atoms with E-state index < -0.39 is 10.9 Å². The summed E-state index contributed by atoms with van der Waals surface area (Å²) in [5.74, 6) is -0.161. The van der Waals surface area contributed by atoms with E-state index in [1.807, 2.05) is 0 Å². The second kappa shape index (κ2) is 5.26. The molecule has 1 aliphatic heterocycles. The third-order valence-electron chi connectivity index (χ3n) is 2.37. The lowest BCUT2D eigenvalue weighted by molar-refractivity contribution is -0.384. The first kappa shape index (κ1) is 12.7. The topological polar surface area (TPSA) is 81.8 Å². The molecule has 0 spiro atoms. The highest BCUT2D eigenvalue weighted by Gasteiger charge is 2.18. The lowest BCUT2D eigenvalue weighted by Crippen LogP contribution is -1.99. The molecule has 1 aliphatic rings. The van der Waals surface area contributed by atoms with Gasteiger partial charge < -0.3 is 4.74 Å². The Hall–Kier alpha value is -2.76. The molecule has 2 rings (SSSR count). The van der Waals surface area contributed by atoms with Crippen LogP contribution in [0.15, 0.2) is 47.1 Å². The molecule has 1 aromatic rings. The average Bonchev–Trinajstić information content (AvgIpc) is 2.68. The smallest absolute Gasteiger partial charge is 0.363 e. The molecule has 0 N–H and O–H groups in total. The SMILES string of the molecule is CC1=N/C(=C\C=C\c2ccc([N+](=O)[O-])cc2)C(=O)O1. The van der Waals surface area contributed by atoms with E-state index in [1.54, 1.807) is 31.2 Å². The molecule has 0 radical (unpaired) electrons. The number of rotatable bonds is 3. The molecule has 0 bridgehead atoms. The summed E-state index contributed by atoms with van der Waals surface area (Å²) in [4.78, 5) is 25.2. The van der Waals surface area contributed by atoms with Crippen molar-refractivity contribution in [1.29, 1.82) is 0 Å². The summed E-state index contributed by atoms with van der Waals surface area (Å²) in [6.07, 6.45) is 4.88. The maximum absolute atomic E-state index is 11.2. The molecule has 0 saturated heterocycles. The van der Waals surface area contributed by atoms with E-state index in [9.17, 15) is 14.9 Å². The van der Waals surface area contributed by atoms with Crippen LogP contribution in [0.1, 0.15) is 12.5 Å². The van der Waals surface area contributed by atoms with Crippen molar-refractivity contribution in [2.45, 2.75) is 6.92 Å². The second-order valence-electron chi connectivity index (χ2n) is 3.78. The number of non-ortho nitro benzene ring substituents is 1. The average molecular weight is 258 g/mol. The number of esters is 1. The highest BCUT2D eigenvalue weighted by atomic mass is 16.6. The monoisotopic (exact) mass is 258 g/mol. The summed E-state index contributed by atoms with van der Waals surface area (Å²) in [5, 5.41) is 10.5. The number of carbonyl (C=O) groups is 1. The summed E-state index contributed by atoms with van der Waals surface area (Å²) in [7, 11) is 0. The van der Waals surface area contributed by atoms with Crippen molar-refractivity contribution in [3.63, 3.8) is 0 Å². The van der Waals surface area contributed by atoms with E-state index >= 15 is 0 Å². The van der Waals surface area contributed by atoms with Crippen molar-refractivity contribution >= 4 is 23.6 Å². The molecule has 0 aliphatic carbocycles. The van der Waals surface area contributed by atoms with Crippen LogP contribution in [0, 0.1) is 10.1 Å². The maximum Gasteiger partial charge on any atom is 0.363 e. The van der Waals surface area contributed by atoms with Crippen LogP contribution in [-0.4, -0.2) is 16.8 Å². The zero-order valence-corrected chi connectivity index (χ0v) is 10.1. The summed E-state index contributed by atoms with van der Waals surface area (Å²) < 4.78 is 4.75. The van der Waals surface area contributed by atoms with Gasteiger partial charge in [0.1, 0.15) is 0 Å². The van der Waals surface area contributed by atoms with Crippen LogP contribution >= 0.6 is 0 Å². The predicted octanol–water partition coefficient (Wildman–Crippen LogP) is 2.47. The number of aliphatic imine (C=N–C) groups is 1. The summed E-state index contributed by atoms with van der Waals surface area (Å²) >= 11 is 0. The lowest BCUT2D eigenvalue weighted by Gasteiger charge is -1.92. The highest BCUT2D eigenvalue weighted by Crippen LogP contribution is 2.14. The number of hydrogen-bond acceptors (Lipinski definition) is 5. The molecule has 0 fully saturated rings. The van der Waals surface area contributed by atoms with Crippen LogP contribution in [0.5, 0.6) is 0 Å². The Balaban J connectivity index is 2.09. The Morgan fingerprint density at radius 2 is 2.00 bits per heavy atom. The normalized spacial score (nSPS) is 16.8. The number of nitro groups is 1. The lowest BCUT2D eigenvalue weighted by atomic mass is 10.2. The molecule has 96 valence electrons.